The maximum atomic E-state index is 12.5. The number of anilines is 3. The number of nitrogens with one attached hydrogen (secondary N) is 2. The highest BCUT2D eigenvalue weighted by atomic mass is 32.2. The number of aromatic nitrogens is 3. The van der Waals surface area contributed by atoms with Gasteiger partial charge in [-0.05, 0) is 19.1 Å². The normalized spacial score (nSPS) is 14.3. The molecule has 3 rings (SSSR count). The summed E-state index contributed by atoms with van der Waals surface area (Å²) in [4.78, 5) is 31.7. The van der Waals surface area contributed by atoms with Gasteiger partial charge in [-0.1, -0.05) is 17.7 Å². The molecule has 1 saturated heterocycles. The molecule has 0 bridgehead atoms. The van der Waals surface area contributed by atoms with Gasteiger partial charge in [0, 0.05) is 41.3 Å². The summed E-state index contributed by atoms with van der Waals surface area (Å²) in [6, 6.07) is 6.47. The molecule has 1 fully saturated rings. The Balaban J connectivity index is 1.72. The first-order valence-electron chi connectivity index (χ1n) is 9.83. The van der Waals surface area contributed by atoms with Crippen LogP contribution in [0.25, 0.3) is 0 Å². The van der Waals surface area contributed by atoms with Crippen molar-refractivity contribution in [3.8, 4) is 0 Å². The number of sulfonamides is 1. The van der Waals surface area contributed by atoms with Crippen LogP contribution in [0.4, 0.5) is 17.8 Å². The molecule has 1 aromatic heterocycles. The SMILES string of the molecule is Cc1ccc(S(=O)(=O)NCCN2C(=N)N(c3nc(N(C)C)nc(N(C)C)n3)CC2=O)cc1. The summed E-state index contributed by atoms with van der Waals surface area (Å²) in [6.07, 6.45) is 0. The van der Waals surface area contributed by atoms with Crippen molar-refractivity contribution in [2.45, 2.75) is 11.8 Å². The fourth-order valence-corrected chi connectivity index (χ4v) is 3.93. The van der Waals surface area contributed by atoms with Gasteiger partial charge in [0.25, 0.3) is 0 Å². The Morgan fingerprint density at radius 3 is 2.12 bits per heavy atom. The summed E-state index contributed by atoms with van der Waals surface area (Å²) in [5.41, 5.74) is 0.952. The van der Waals surface area contributed by atoms with Gasteiger partial charge in [-0.25, -0.2) is 13.1 Å². The first-order chi connectivity index (χ1) is 15.0. The predicted molar refractivity (Wildman–Crippen MR) is 122 cm³/mol. The van der Waals surface area contributed by atoms with E-state index in [1.54, 1.807) is 50.1 Å². The van der Waals surface area contributed by atoms with Gasteiger partial charge in [0.1, 0.15) is 6.54 Å². The van der Waals surface area contributed by atoms with Gasteiger partial charge in [0.2, 0.25) is 39.7 Å². The van der Waals surface area contributed by atoms with Crippen LogP contribution in [0.15, 0.2) is 29.2 Å². The lowest BCUT2D eigenvalue weighted by atomic mass is 10.2. The quantitative estimate of drug-likeness (QED) is 0.550. The monoisotopic (exact) mass is 461 g/mol. The maximum Gasteiger partial charge on any atom is 0.249 e. The number of hydrogen-bond acceptors (Lipinski definition) is 9. The summed E-state index contributed by atoms with van der Waals surface area (Å²) < 4.78 is 27.4. The van der Waals surface area contributed by atoms with Crippen LogP contribution in [0, 0.1) is 12.3 Å². The van der Waals surface area contributed by atoms with Crippen LogP contribution >= 0.6 is 0 Å². The molecule has 0 saturated carbocycles. The standard InChI is InChI=1S/C19H27N9O3S/c1-13-6-8-14(9-7-13)32(30,31)21-10-11-27-15(29)12-28(16(27)20)19-23-17(25(2)3)22-18(24-19)26(4)5/h6-9,20-21H,10-12H2,1-5H3. The summed E-state index contributed by atoms with van der Waals surface area (Å²) in [5.74, 6) is 0.493. The molecule has 12 nitrogen and oxygen atoms in total. The van der Waals surface area contributed by atoms with Gasteiger partial charge in [-0.15, -0.1) is 0 Å². The summed E-state index contributed by atoms with van der Waals surface area (Å²) in [6.45, 7) is 1.72. The molecule has 0 radical (unpaired) electrons. The summed E-state index contributed by atoms with van der Waals surface area (Å²) >= 11 is 0. The molecule has 1 aliphatic rings. The molecule has 1 amide bonds. The van der Waals surface area contributed by atoms with E-state index in [1.165, 1.54) is 21.9 Å². The van der Waals surface area contributed by atoms with Crippen molar-refractivity contribution in [1.82, 2.24) is 24.6 Å². The van der Waals surface area contributed by atoms with Crippen LogP contribution in [0.2, 0.25) is 0 Å². The molecule has 172 valence electrons. The first-order valence-corrected chi connectivity index (χ1v) is 11.3. The molecule has 1 aromatic carbocycles. The van der Waals surface area contributed by atoms with Crippen molar-refractivity contribution < 1.29 is 13.2 Å². The molecule has 0 atom stereocenters. The average molecular weight is 462 g/mol. The zero-order valence-electron chi connectivity index (χ0n) is 18.7. The van der Waals surface area contributed by atoms with E-state index in [0.717, 1.165) is 5.56 Å². The fraction of sp³-hybridized carbons (Fsp3) is 0.421. The number of benzene rings is 1. The molecule has 32 heavy (non-hydrogen) atoms. The highest BCUT2D eigenvalue weighted by Crippen LogP contribution is 2.21. The largest absolute Gasteiger partial charge is 0.347 e. The minimum Gasteiger partial charge on any atom is -0.347 e. The zero-order valence-corrected chi connectivity index (χ0v) is 19.5. The average Bonchev–Trinajstić information content (AvgIpc) is 3.02. The highest BCUT2D eigenvalue weighted by Gasteiger charge is 2.36. The Bertz CT molecular complexity index is 1090. The fourth-order valence-electron chi connectivity index (χ4n) is 2.91. The Labute approximate surface area is 187 Å². The molecule has 0 unspecified atom stereocenters. The maximum absolute atomic E-state index is 12.5. The second-order valence-electron chi connectivity index (χ2n) is 7.69. The van der Waals surface area contributed by atoms with Gasteiger partial charge < -0.3 is 9.80 Å². The van der Waals surface area contributed by atoms with Crippen molar-refractivity contribution >= 4 is 39.7 Å². The van der Waals surface area contributed by atoms with Crippen LogP contribution in [0.3, 0.4) is 0 Å². The van der Waals surface area contributed by atoms with E-state index in [-0.39, 0.29) is 42.3 Å². The molecule has 0 spiro atoms. The second kappa shape index (κ2) is 9.04. The Morgan fingerprint density at radius 2 is 1.59 bits per heavy atom. The number of amides is 1. The number of aryl methyl sites for hydroxylation is 1. The number of hydrogen-bond donors (Lipinski definition) is 2. The Kier molecular flexibility index (Phi) is 6.60. The van der Waals surface area contributed by atoms with Crippen molar-refractivity contribution in [3.63, 3.8) is 0 Å². The van der Waals surface area contributed by atoms with E-state index in [1.807, 2.05) is 6.92 Å². The van der Waals surface area contributed by atoms with Gasteiger partial charge in [-0.2, -0.15) is 15.0 Å². The minimum absolute atomic E-state index is 0.00537. The molecule has 2 heterocycles. The lowest BCUT2D eigenvalue weighted by Crippen LogP contribution is -2.40. The number of nitrogens with zero attached hydrogens (tertiary/aromatic N) is 7. The summed E-state index contributed by atoms with van der Waals surface area (Å²) in [7, 11) is 3.42. The van der Waals surface area contributed by atoms with E-state index in [9.17, 15) is 13.2 Å². The third-order valence-electron chi connectivity index (χ3n) is 4.71. The molecular weight excluding hydrogens is 434 g/mol. The van der Waals surface area contributed by atoms with Crippen LogP contribution in [0.5, 0.6) is 0 Å². The molecule has 0 aliphatic carbocycles. The molecule has 1 aliphatic heterocycles. The smallest absolute Gasteiger partial charge is 0.249 e. The van der Waals surface area contributed by atoms with Gasteiger partial charge >= 0.3 is 0 Å². The van der Waals surface area contributed by atoms with Crippen LogP contribution in [-0.4, -0.2) is 88.0 Å². The summed E-state index contributed by atoms with van der Waals surface area (Å²) in [5, 5.41) is 8.43. The van der Waals surface area contributed by atoms with Gasteiger partial charge in [0.05, 0.1) is 4.90 Å². The Hall–Kier alpha value is -3.32. The molecule has 2 N–H and O–H groups in total. The number of carbonyl (C=O) groups excluding carboxylic acids is 1. The number of rotatable bonds is 8. The second-order valence-corrected chi connectivity index (χ2v) is 9.46. The van der Waals surface area contributed by atoms with Crippen molar-refractivity contribution in [1.29, 1.82) is 5.41 Å². The van der Waals surface area contributed by atoms with Gasteiger partial charge in [0.15, 0.2) is 0 Å². The number of carbonyl (C=O) groups is 1. The third-order valence-corrected chi connectivity index (χ3v) is 6.18. The van der Waals surface area contributed by atoms with Gasteiger partial charge in [-0.3, -0.25) is 20.0 Å². The van der Waals surface area contributed by atoms with Crippen LogP contribution in [-0.2, 0) is 14.8 Å². The van der Waals surface area contributed by atoms with Crippen molar-refractivity contribution in [2.75, 3.05) is 62.5 Å². The van der Waals surface area contributed by atoms with Crippen molar-refractivity contribution in [3.05, 3.63) is 29.8 Å². The predicted octanol–water partition coefficient (Wildman–Crippen LogP) is -0.126. The highest BCUT2D eigenvalue weighted by molar-refractivity contribution is 7.89. The lowest BCUT2D eigenvalue weighted by Gasteiger charge is -2.21. The lowest BCUT2D eigenvalue weighted by molar-refractivity contribution is -0.124. The molecule has 13 heteroatoms. The third kappa shape index (κ3) is 4.94. The topological polar surface area (TPSA) is 139 Å². The molecular formula is C19H27N9O3S. The van der Waals surface area contributed by atoms with E-state index in [4.69, 9.17) is 5.41 Å². The molecule has 2 aromatic rings. The van der Waals surface area contributed by atoms with E-state index in [0.29, 0.717) is 11.9 Å². The Morgan fingerprint density at radius 1 is 1.03 bits per heavy atom. The zero-order chi connectivity index (χ0) is 23.6. The first kappa shape index (κ1) is 23.3. The van der Waals surface area contributed by atoms with Crippen LogP contribution in [0.1, 0.15) is 5.56 Å². The minimum atomic E-state index is -3.72. The van der Waals surface area contributed by atoms with E-state index in [2.05, 4.69) is 19.7 Å². The van der Waals surface area contributed by atoms with Crippen molar-refractivity contribution in [2.24, 2.45) is 0 Å². The van der Waals surface area contributed by atoms with Crippen LogP contribution < -0.4 is 19.4 Å². The van der Waals surface area contributed by atoms with E-state index < -0.39 is 10.0 Å². The number of guanidine groups is 1. The van der Waals surface area contributed by atoms with E-state index >= 15 is 0 Å².